The zero-order chi connectivity index (χ0) is 13.3. The molecule has 1 saturated heterocycles. The Bertz CT molecular complexity index is 338. The molecule has 0 aliphatic carbocycles. The summed E-state index contributed by atoms with van der Waals surface area (Å²) in [6.45, 7) is 3.24. The van der Waals surface area contributed by atoms with Crippen molar-refractivity contribution in [1.29, 1.82) is 0 Å². The average molecular weight is 278 g/mol. The monoisotopic (exact) mass is 278 g/mol. The van der Waals surface area contributed by atoms with Crippen LogP contribution in [0.3, 0.4) is 0 Å². The molecule has 0 bridgehead atoms. The minimum Gasteiger partial charge on any atom is -0.377 e. The molecule has 2 rings (SSSR count). The van der Waals surface area contributed by atoms with Gasteiger partial charge in [-0.15, -0.1) is 0 Å². The van der Waals surface area contributed by atoms with Crippen LogP contribution in [0.4, 0.5) is 0 Å². The van der Waals surface area contributed by atoms with E-state index in [0.29, 0.717) is 11.4 Å². The second kappa shape index (κ2) is 8.65. The second-order valence-electron chi connectivity index (χ2n) is 5.38. The molecular weight excluding hydrogens is 252 g/mol. The van der Waals surface area contributed by atoms with E-state index in [1.54, 1.807) is 0 Å². The fraction of sp³-hybridized carbons (Fsp3) is 0.647. The van der Waals surface area contributed by atoms with E-state index in [2.05, 4.69) is 49.0 Å². The fourth-order valence-electron chi connectivity index (χ4n) is 2.65. The van der Waals surface area contributed by atoms with E-state index >= 15 is 0 Å². The largest absolute Gasteiger partial charge is 0.377 e. The van der Waals surface area contributed by atoms with E-state index in [1.165, 1.54) is 44.1 Å². The first-order valence-electron chi connectivity index (χ1n) is 7.67. The highest BCUT2D eigenvalue weighted by molar-refractivity contribution is 7.99. The van der Waals surface area contributed by atoms with Gasteiger partial charge in [0.25, 0.3) is 0 Å². The van der Waals surface area contributed by atoms with Crippen LogP contribution in [0.5, 0.6) is 0 Å². The summed E-state index contributed by atoms with van der Waals surface area (Å²) in [5.41, 5.74) is 1.44. The van der Waals surface area contributed by atoms with Gasteiger partial charge in [-0.2, -0.15) is 11.8 Å². The number of unbranched alkanes of at least 4 members (excludes halogenated alkanes) is 2. The highest BCUT2D eigenvalue weighted by Gasteiger charge is 2.25. The van der Waals surface area contributed by atoms with Crippen molar-refractivity contribution in [3.63, 3.8) is 0 Å². The van der Waals surface area contributed by atoms with E-state index < -0.39 is 0 Å². The van der Waals surface area contributed by atoms with Gasteiger partial charge in [-0.05, 0) is 24.8 Å². The predicted octanol–water partition coefficient (Wildman–Crippen LogP) is 5.05. The van der Waals surface area contributed by atoms with Gasteiger partial charge in [0.05, 0.1) is 6.10 Å². The van der Waals surface area contributed by atoms with Gasteiger partial charge in [0, 0.05) is 17.6 Å². The molecule has 2 heteroatoms. The first-order chi connectivity index (χ1) is 9.40. The third-order valence-electron chi connectivity index (χ3n) is 3.78. The SMILES string of the molecule is CCCCC[C@H]1OCCC[C@H]1SCc1ccccc1. The van der Waals surface area contributed by atoms with Gasteiger partial charge in [-0.1, -0.05) is 56.5 Å². The topological polar surface area (TPSA) is 9.23 Å². The predicted molar refractivity (Wildman–Crippen MR) is 84.6 cm³/mol. The van der Waals surface area contributed by atoms with Crippen LogP contribution in [-0.4, -0.2) is 18.0 Å². The lowest BCUT2D eigenvalue weighted by Crippen LogP contribution is -2.32. The van der Waals surface area contributed by atoms with Crippen LogP contribution < -0.4 is 0 Å². The Balaban J connectivity index is 1.78. The summed E-state index contributed by atoms with van der Waals surface area (Å²) in [7, 11) is 0. The first-order valence-corrected chi connectivity index (χ1v) is 8.72. The smallest absolute Gasteiger partial charge is 0.0693 e. The molecule has 1 heterocycles. The van der Waals surface area contributed by atoms with Crippen LogP contribution in [0.15, 0.2) is 30.3 Å². The molecule has 0 aromatic heterocycles. The van der Waals surface area contributed by atoms with Crippen molar-refractivity contribution >= 4 is 11.8 Å². The summed E-state index contributed by atoms with van der Waals surface area (Å²) in [4.78, 5) is 0. The second-order valence-corrected chi connectivity index (χ2v) is 6.61. The van der Waals surface area contributed by atoms with Gasteiger partial charge < -0.3 is 4.74 Å². The molecule has 0 radical (unpaired) electrons. The Hall–Kier alpha value is -0.470. The molecular formula is C17H26OS. The maximum atomic E-state index is 6.00. The quantitative estimate of drug-likeness (QED) is 0.646. The summed E-state index contributed by atoms with van der Waals surface area (Å²) in [6, 6.07) is 10.8. The minimum absolute atomic E-state index is 0.494. The van der Waals surface area contributed by atoms with Crippen molar-refractivity contribution in [2.24, 2.45) is 0 Å². The molecule has 0 saturated carbocycles. The zero-order valence-electron chi connectivity index (χ0n) is 12.0. The van der Waals surface area contributed by atoms with Crippen LogP contribution in [0.25, 0.3) is 0 Å². The van der Waals surface area contributed by atoms with Crippen molar-refractivity contribution in [2.45, 2.75) is 62.6 Å². The summed E-state index contributed by atoms with van der Waals surface area (Å²) >= 11 is 2.09. The molecule has 2 atom stereocenters. The Labute approximate surface area is 122 Å². The number of hydrogen-bond acceptors (Lipinski definition) is 2. The van der Waals surface area contributed by atoms with Crippen LogP contribution in [0, 0.1) is 0 Å². The standard InChI is InChI=1S/C17H26OS/c1-2-3-5-11-16-17(12-8-13-18-16)19-14-15-9-6-4-7-10-15/h4,6-7,9-10,16-17H,2-3,5,8,11-14H2,1H3/t16-,17-/m1/s1. The van der Waals surface area contributed by atoms with Crippen molar-refractivity contribution < 1.29 is 4.74 Å². The van der Waals surface area contributed by atoms with E-state index in [4.69, 9.17) is 4.74 Å². The molecule has 1 nitrogen and oxygen atoms in total. The molecule has 0 amide bonds. The Morgan fingerprint density at radius 3 is 2.84 bits per heavy atom. The number of rotatable bonds is 7. The van der Waals surface area contributed by atoms with E-state index in [-0.39, 0.29) is 0 Å². The summed E-state index contributed by atoms with van der Waals surface area (Å²) in [6.07, 6.45) is 8.27. The summed E-state index contributed by atoms with van der Waals surface area (Å²) < 4.78 is 6.00. The highest BCUT2D eigenvalue weighted by atomic mass is 32.2. The molecule has 0 spiro atoms. The lowest BCUT2D eigenvalue weighted by atomic mass is 10.0. The number of benzene rings is 1. The van der Waals surface area contributed by atoms with Gasteiger partial charge in [0.1, 0.15) is 0 Å². The molecule has 0 N–H and O–H groups in total. The zero-order valence-corrected chi connectivity index (χ0v) is 12.8. The van der Waals surface area contributed by atoms with Crippen molar-refractivity contribution in [3.8, 4) is 0 Å². The molecule has 1 aliphatic heterocycles. The normalized spacial score (nSPS) is 23.4. The van der Waals surface area contributed by atoms with Crippen LogP contribution in [0.2, 0.25) is 0 Å². The van der Waals surface area contributed by atoms with Crippen molar-refractivity contribution in [3.05, 3.63) is 35.9 Å². The summed E-state index contributed by atoms with van der Waals surface area (Å²) in [5.74, 6) is 1.12. The van der Waals surface area contributed by atoms with Gasteiger partial charge in [0.2, 0.25) is 0 Å². The van der Waals surface area contributed by atoms with E-state index in [0.717, 1.165) is 12.4 Å². The lowest BCUT2D eigenvalue weighted by Gasteiger charge is -2.31. The minimum atomic E-state index is 0.494. The molecule has 1 fully saturated rings. The Morgan fingerprint density at radius 2 is 2.05 bits per heavy atom. The molecule has 0 unspecified atom stereocenters. The maximum absolute atomic E-state index is 6.00. The van der Waals surface area contributed by atoms with Crippen molar-refractivity contribution in [2.75, 3.05) is 6.61 Å². The number of ether oxygens (including phenoxy) is 1. The lowest BCUT2D eigenvalue weighted by molar-refractivity contribution is 0.0149. The maximum Gasteiger partial charge on any atom is 0.0693 e. The number of thioether (sulfide) groups is 1. The summed E-state index contributed by atoms with van der Waals surface area (Å²) in [5, 5.41) is 0.700. The van der Waals surface area contributed by atoms with Crippen LogP contribution in [0.1, 0.15) is 51.0 Å². The molecule has 19 heavy (non-hydrogen) atoms. The third kappa shape index (κ3) is 5.19. The van der Waals surface area contributed by atoms with E-state index in [9.17, 15) is 0 Å². The van der Waals surface area contributed by atoms with Crippen LogP contribution >= 0.6 is 11.8 Å². The van der Waals surface area contributed by atoms with Gasteiger partial charge in [-0.25, -0.2) is 0 Å². The Kier molecular flexibility index (Phi) is 6.80. The third-order valence-corrected chi connectivity index (χ3v) is 5.25. The molecule has 1 aromatic rings. The van der Waals surface area contributed by atoms with Gasteiger partial charge >= 0.3 is 0 Å². The van der Waals surface area contributed by atoms with Gasteiger partial charge in [-0.3, -0.25) is 0 Å². The van der Waals surface area contributed by atoms with Crippen molar-refractivity contribution in [1.82, 2.24) is 0 Å². The molecule has 1 aromatic carbocycles. The highest BCUT2D eigenvalue weighted by Crippen LogP contribution is 2.31. The molecule has 106 valence electrons. The first kappa shape index (κ1) is 14.9. The van der Waals surface area contributed by atoms with Crippen LogP contribution in [-0.2, 0) is 10.5 Å². The van der Waals surface area contributed by atoms with E-state index in [1.807, 2.05) is 0 Å². The van der Waals surface area contributed by atoms with Gasteiger partial charge in [0.15, 0.2) is 0 Å². The Morgan fingerprint density at radius 1 is 1.21 bits per heavy atom. The fourth-order valence-corrected chi connectivity index (χ4v) is 4.01. The average Bonchev–Trinajstić information content (AvgIpc) is 2.48. The molecule has 1 aliphatic rings. The number of hydrogen-bond donors (Lipinski definition) is 0.